The van der Waals surface area contributed by atoms with Crippen molar-refractivity contribution in [2.45, 2.75) is 20.3 Å². The average molecular weight is 287 g/mol. The van der Waals surface area contributed by atoms with E-state index in [1.165, 1.54) is 0 Å². The number of nitrogen functional groups attached to an aromatic ring is 1. The number of hydrogen-bond acceptors (Lipinski definition) is 6. The minimum absolute atomic E-state index is 0.645. The molecular weight excluding hydrogens is 266 g/mol. The summed E-state index contributed by atoms with van der Waals surface area (Å²) >= 11 is 0. The monoisotopic (exact) mass is 287 g/mol. The Kier molecular flexibility index (Phi) is 4.59. The molecule has 0 saturated carbocycles. The zero-order valence-corrected chi connectivity index (χ0v) is 12.8. The number of hydrogen-bond donors (Lipinski definition) is 2. The number of nitrogens with one attached hydrogen (secondary N) is 1. The summed E-state index contributed by atoms with van der Waals surface area (Å²) in [5, 5.41) is 0. The molecule has 0 saturated heterocycles. The number of ether oxygens (including phenoxy) is 1. The van der Waals surface area contributed by atoms with E-state index < -0.39 is 0 Å². The zero-order chi connectivity index (χ0) is 15.4. The van der Waals surface area contributed by atoms with E-state index in [0.717, 1.165) is 35.1 Å². The normalized spacial score (nSPS) is 10.3. The number of methoxy groups -OCH3 is 1. The molecule has 1 aromatic heterocycles. The Morgan fingerprint density at radius 1 is 1.33 bits per heavy atom. The second-order valence-corrected chi connectivity index (χ2v) is 4.70. The minimum Gasteiger partial charge on any atom is -0.497 e. The number of aromatic nitrogens is 2. The molecule has 112 valence electrons. The lowest BCUT2D eigenvalue weighted by atomic mass is 10.2. The summed E-state index contributed by atoms with van der Waals surface area (Å²) in [7, 11) is 3.62. The molecule has 2 rings (SSSR count). The number of rotatable bonds is 5. The van der Waals surface area contributed by atoms with Gasteiger partial charge in [-0.3, -0.25) is 0 Å². The van der Waals surface area contributed by atoms with Crippen LogP contribution in [-0.4, -0.2) is 24.1 Å². The SMILES string of the molecule is CCc1nc(NN)c(C)c(N(C)c2cccc(OC)c2)n1. The van der Waals surface area contributed by atoms with Gasteiger partial charge in [-0.2, -0.15) is 0 Å². The van der Waals surface area contributed by atoms with Crippen LogP contribution >= 0.6 is 0 Å². The van der Waals surface area contributed by atoms with Crippen LogP contribution in [0, 0.1) is 6.92 Å². The molecule has 3 N–H and O–H groups in total. The lowest BCUT2D eigenvalue weighted by Gasteiger charge is -2.22. The van der Waals surface area contributed by atoms with Crippen molar-refractivity contribution in [3.05, 3.63) is 35.7 Å². The van der Waals surface area contributed by atoms with Crippen LogP contribution in [0.4, 0.5) is 17.3 Å². The summed E-state index contributed by atoms with van der Waals surface area (Å²) in [5.74, 6) is 8.57. The third-order valence-corrected chi connectivity index (χ3v) is 3.38. The molecule has 21 heavy (non-hydrogen) atoms. The Morgan fingerprint density at radius 3 is 2.71 bits per heavy atom. The van der Waals surface area contributed by atoms with Crippen molar-refractivity contribution < 1.29 is 4.74 Å². The van der Waals surface area contributed by atoms with Crippen LogP contribution in [0.15, 0.2) is 24.3 Å². The van der Waals surface area contributed by atoms with Crippen LogP contribution in [-0.2, 0) is 6.42 Å². The van der Waals surface area contributed by atoms with Gasteiger partial charge in [-0.1, -0.05) is 13.0 Å². The predicted molar refractivity (Wildman–Crippen MR) is 85.0 cm³/mol. The van der Waals surface area contributed by atoms with Crippen LogP contribution in [0.25, 0.3) is 0 Å². The van der Waals surface area contributed by atoms with E-state index in [1.807, 2.05) is 50.1 Å². The quantitative estimate of drug-likeness (QED) is 0.649. The molecule has 0 aliphatic carbocycles. The van der Waals surface area contributed by atoms with Gasteiger partial charge in [0.1, 0.15) is 23.2 Å². The number of benzene rings is 1. The van der Waals surface area contributed by atoms with Crippen molar-refractivity contribution in [1.29, 1.82) is 0 Å². The fourth-order valence-electron chi connectivity index (χ4n) is 2.12. The van der Waals surface area contributed by atoms with Crippen LogP contribution in [0.1, 0.15) is 18.3 Å². The third kappa shape index (κ3) is 3.05. The average Bonchev–Trinajstić information content (AvgIpc) is 2.54. The molecule has 0 radical (unpaired) electrons. The third-order valence-electron chi connectivity index (χ3n) is 3.38. The van der Waals surface area contributed by atoms with Gasteiger partial charge in [0, 0.05) is 30.8 Å². The second kappa shape index (κ2) is 6.41. The highest BCUT2D eigenvalue weighted by molar-refractivity contribution is 5.67. The van der Waals surface area contributed by atoms with Gasteiger partial charge < -0.3 is 15.1 Å². The standard InChI is InChI=1S/C15H21N5O/c1-5-13-17-14(19-16)10(2)15(18-13)20(3)11-7-6-8-12(9-11)21-4/h6-9H,5,16H2,1-4H3,(H,17,18,19). The molecular formula is C15H21N5O. The Hall–Kier alpha value is -2.34. The lowest BCUT2D eigenvalue weighted by molar-refractivity contribution is 0.415. The van der Waals surface area contributed by atoms with Crippen LogP contribution in [0.2, 0.25) is 0 Å². The van der Waals surface area contributed by atoms with Gasteiger partial charge in [-0.05, 0) is 19.1 Å². The predicted octanol–water partition coefficient (Wildman–Crippen LogP) is 2.41. The number of anilines is 3. The molecule has 0 amide bonds. The van der Waals surface area contributed by atoms with Gasteiger partial charge in [0.15, 0.2) is 0 Å². The Labute approximate surface area is 124 Å². The van der Waals surface area contributed by atoms with Crippen LogP contribution < -0.4 is 20.9 Å². The molecule has 0 fully saturated rings. The number of hydrazine groups is 1. The Balaban J connectivity index is 2.48. The molecule has 1 aromatic carbocycles. The molecule has 0 spiro atoms. The number of aryl methyl sites for hydroxylation is 1. The fourth-order valence-corrected chi connectivity index (χ4v) is 2.12. The molecule has 6 heteroatoms. The Bertz CT molecular complexity index is 629. The molecule has 0 aliphatic heterocycles. The molecule has 6 nitrogen and oxygen atoms in total. The highest BCUT2D eigenvalue weighted by Gasteiger charge is 2.15. The smallest absolute Gasteiger partial charge is 0.148 e. The van der Waals surface area contributed by atoms with Crippen molar-refractivity contribution in [1.82, 2.24) is 9.97 Å². The van der Waals surface area contributed by atoms with E-state index in [2.05, 4.69) is 15.4 Å². The van der Waals surface area contributed by atoms with Crippen LogP contribution in [0.5, 0.6) is 5.75 Å². The van der Waals surface area contributed by atoms with Gasteiger partial charge in [-0.15, -0.1) is 0 Å². The van der Waals surface area contributed by atoms with E-state index in [9.17, 15) is 0 Å². The van der Waals surface area contributed by atoms with Gasteiger partial charge >= 0.3 is 0 Å². The molecule has 0 aliphatic rings. The number of nitrogens with zero attached hydrogens (tertiary/aromatic N) is 3. The molecule has 0 atom stereocenters. The topological polar surface area (TPSA) is 76.3 Å². The second-order valence-electron chi connectivity index (χ2n) is 4.70. The van der Waals surface area contributed by atoms with Gasteiger partial charge in [-0.25, -0.2) is 15.8 Å². The summed E-state index contributed by atoms with van der Waals surface area (Å²) in [5.41, 5.74) is 4.53. The number of nitrogens with two attached hydrogens (primary N) is 1. The molecule has 0 unspecified atom stereocenters. The molecule has 1 heterocycles. The van der Waals surface area contributed by atoms with E-state index >= 15 is 0 Å². The fraction of sp³-hybridized carbons (Fsp3) is 0.333. The van der Waals surface area contributed by atoms with Crippen molar-refractivity contribution in [3.8, 4) is 5.75 Å². The maximum atomic E-state index is 5.55. The van der Waals surface area contributed by atoms with Crippen molar-refractivity contribution >= 4 is 17.3 Å². The highest BCUT2D eigenvalue weighted by atomic mass is 16.5. The summed E-state index contributed by atoms with van der Waals surface area (Å²) < 4.78 is 5.27. The van der Waals surface area contributed by atoms with E-state index in [-0.39, 0.29) is 0 Å². The Morgan fingerprint density at radius 2 is 2.10 bits per heavy atom. The van der Waals surface area contributed by atoms with Gasteiger partial charge in [0.05, 0.1) is 7.11 Å². The first-order valence-corrected chi connectivity index (χ1v) is 6.82. The van der Waals surface area contributed by atoms with Crippen LogP contribution in [0.3, 0.4) is 0 Å². The maximum Gasteiger partial charge on any atom is 0.148 e. The minimum atomic E-state index is 0.645. The van der Waals surface area contributed by atoms with Gasteiger partial charge in [0.25, 0.3) is 0 Å². The highest BCUT2D eigenvalue weighted by Crippen LogP contribution is 2.30. The largest absolute Gasteiger partial charge is 0.497 e. The van der Waals surface area contributed by atoms with Crippen molar-refractivity contribution in [2.75, 3.05) is 24.5 Å². The first-order chi connectivity index (χ1) is 10.1. The summed E-state index contributed by atoms with van der Waals surface area (Å²) in [4.78, 5) is 11.0. The molecule has 2 aromatic rings. The van der Waals surface area contributed by atoms with Gasteiger partial charge in [0.2, 0.25) is 0 Å². The maximum absolute atomic E-state index is 5.55. The lowest BCUT2D eigenvalue weighted by Crippen LogP contribution is -2.18. The first kappa shape index (κ1) is 15.1. The summed E-state index contributed by atoms with van der Waals surface area (Å²) in [6.07, 6.45) is 0.744. The zero-order valence-electron chi connectivity index (χ0n) is 12.8. The van der Waals surface area contributed by atoms with E-state index in [1.54, 1.807) is 7.11 Å². The van der Waals surface area contributed by atoms with Crippen molar-refractivity contribution in [3.63, 3.8) is 0 Å². The summed E-state index contributed by atoms with van der Waals surface area (Å²) in [6, 6.07) is 7.83. The van der Waals surface area contributed by atoms with E-state index in [4.69, 9.17) is 10.6 Å². The van der Waals surface area contributed by atoms with E-state index in [0.29, 0.717) is 5.82 Å². The first-order valence-electron chi connectivity index (χ1n) is 6.82. The van der Waals surface area contributed by atoms with Crippen molar-refractivity contribution in [2.24, 2.45) is 5.84 Å². The molecule has 0 bridgehead atoms. The summed E-state index contributed by atoms with van der Waals surface area (Å²) in [6.45, 7) is 3.96.